The van der Waals surface area contributed by atoms with Crippen LogP contribution in [0.5, 0.6) is 11.5 Å². The maximum Gasteiger partial charge on any atom is 0.265 e. The molecule has 0 spiro atoms. The molecule has 1 N–H and O–H groups in total. The predicted molar refractivity (Wildman–Crippen MR) is 98.1 cm³/mol. The number of fused-ring (bicyclic) bond motifs is 1. The zero-order chi connectivity index (χ0) is 17.2. The fourth-order valence-electron chi connectivity index (χ4n) is 3.82. The van der Waals surface area contributed by atoms with Crippen LogP contribution in [-0.4, -0.2) is 18.1 Å². The van der Waals surface area contributed by atoms with Crippen LogP contribution in [0.2, 0.25) is 0 Å². The number of hydrogen-bond donors (Lipinski definition) is 1. The van der Waals surface area contributed by atoms with Gasteiger partial charge in [-0.05, 0) is 49.3 Å². The van der Waals surface area contributed by atoms with E-state index in [0.717, 1.165) is 0 Å². The predicted octanol–water partition coefficient (Wildman–Crippen LogP) is 4.32. The molecule has 2 aliphatic rings. The molecule has 1 aromatic carbocycles. The summed E-state index contributed by atoms with van der Waals surface area (Å²) < 4.78 is 11.8. The van der Waals surface area contributed by atoms with Crippen LogP contribution >= 0.6 is 11.3 Å². The summed E-state index contributed by atoms with van der Waals surface area (Å²) in [7, 11) is 0. The summed E-state index contributed by atoms with van der Waals surface area (Å²) in [5.74, 6) is 1.75. The van der Waals surface area contributed by atoms with E-state index in [9.17, 15) is 4.79 Å². The van der Waals surface area contributed by atoms with Crippen molar-refractivity contribution in [3.05, 3.63) is 46.7 Å². The van der Waals surface area contributed by atoms with Crippen molar-refractivity contribution in [3.63, 3.8) is 0 Å². The van der Waals surface area contributed by atoms with Gasteiger partial charge in [-0.25, -0.2) is 0 Å². The van der Waals surface area contributed by atoms with Crippen molar-refractivity contribution in [3.8, 4) is 11.5 Å². The highest BCUT2D eigenvalue weighted by Crippen LogP contribution is 2.38. The zero-order valence-electron chi connectivity index (χ0n) is 14.3. The number of hydrogen-bond acceptors (Lipinski definition) is 4. The van der Waals surface area contributed by atoms with Crippen LogP contribution in [0.4, 0.5) is 0 Å². The Bertz CT molecular complexity index is 724. The lowest BCUT2D eigenvalue weighted by molar-refractivity contribution is -0.134. The average molecular weight is 357 g/mol. The lowest BCUT2D eigenvalue weighted by Gasteiger charge is -2.33. The minimum Gasteiger partial charge on any atom is -0.482 e. The first-order valence-electron chi connectivity index (χ1n) is 8.98. The molecule has 4 rings (SSSR count). The fourth-order valence-corrected chi connectivity index (χ4v) is 4.69. The van der Waals surface area contributed by atoms with E-state index in [2.05, 4.69) is 16.8 Å². The molecule has 3 atom stereocenters. The van der Waals surface area contributed by atoms with Gasteiger partial charge in [-0.15, -0.1) is 11.3 Å². The van der Waals surface area contributed by atoms with E-state index in [1.54, 1.807) is 11.3 Å². The Morgan fingerprint density at radius 1 is 1.12 bits per heavy atom. The molecule has 5 heteroatoms. The van der Waals surface area contributed by atoms with Gasteiger partial charge in [-0.1, -0.05) is 31.0 Å². The highest BCUT2D eigenvalue weighted by Gasteiger charge is 2.37. The minimum absolute atomic E-state index is 0.0722. The van der Waals surface area contributed by atoms with E-state index >= 15 is 0 Å². The lowest BCUT2D eigenvalue weighted by Crippen LogP contribution is -2.50. The van der Waals surface area contributed by atoms with Crippen LogP contribution in [-0.2, 0) is 4.79 Å². The third-order valence-electron chi connectivity index (χ3n) is 5.12. The highest BCUT2D eigenvalue weighted by atomic mass is 32.1. The zero-order valence-corrected chi connectivity index (χ0v) is 15.1. The van der Waals surface area contributed by atoms with E-state index in [-0.39, 0.29) is 18.1 Å². The second kappa shape index (κ2) is 7.08. The number of thiophene rings is 1. The Balaban J connectivity index is 1.51. The summed E-state index contributed by atoms with van der Waals surface area (Å²) in [6.07, 6.45) is 3.89. The van der Waals surface area contributed by atoms with E-state index in [1.165, 1.54) is 30.6 Å². The third kappa shape index (κ3) is 3.38. The van der Waals surface area contributed by atoms with Crippen LogP contribution in [0.25, 0.3) is 0 Å². The van der Waals surface area contributed by atoms with Crippen LogP contribution < -0.4 is 14.8 Å². The van der Waals surface area contributed by atoms with Gasteiger partial charge in [0, 0.05) is 4.88 Å². The van der Waals surface area contributed by atoms with Gasteiger partial charge in [0.05, 0.1) is 6.04 Å². The number of carbonyl (C=O) groups excluding carboxylic acids is 1. The summed E-state index contributed by atoms with van der Waals surface area (Å²) in [6, 6.07) is 11.7. The first kappa shape index (κ1) is 16.5. The number of carbonyl (C=O) groups is 1. The first-order chi connectivity index (χ1) is 12.2. The van der Waals surface area contributed by atoms with E-state index in [0.29, 0.717) is 17.4 Å². The summed E-state index contributed by atoms with van der Waals surface area (Å²) >= 11 is 1.71. The second-order valence-electron chi connectivity index (χ2n) is 6.85. The van der Waals surface area contributed by atoms with Gasteiger partial charge < -0.3 is 14.8 Å². The van der Waals surface area contributed by atoms with Gasteiger partial charge in [-0.2, -0.15) is 0 Å². The minimum atomic E-state index is -0.626. The molecule has 1 amide bonds. The van der Waals surface area contributed by atoms with Crippen molar-refractivity contribution in [1.82, 2.24) is 5.32 Å². The molecule has 1 aromatic heterocycles. The SMILES string of the molecule is C[C@@H]1Oc2ccccc2O[C@@H]1C(=O)N[C@@H](c1cccs1)C1CCCC1. The largest absolute Gasteiger partial charge is 0.482 e. The number of amides is 1. The Hall–Kier alpha value is -2.01. The molecule has 2 aromatic rings. The fraction of sp³-hybridized carbons (Fsp3) is 0.450. The van der Waals surface area contributed by atoms with Crippen molar-refractivity contribution >= 4 is 17.2 Å². The Morgan fingerprint density at radius 2 is 1.84 bits per heavy atom. The van der Waals surface area contributed by atoms with Gasteiger partial charge in [0.2, 0.25) is 6.10 Å². The van der Waals surface area contributed by atoms with Gasteiger partial charge in [0.1, 0.15) is 6.10 Å². The highest BCUT2D eigenvalue weighted by molar-refractivity contribution is 7.10. The quantitative estimate of drug-likeness (QED) is 0.886. The van der Waals surface area contributed by atoms with E-state index < -0.39 is 6.10 Å². The topological polar surface area (TPSA) is 47.6 Å². The molecule has 0 radical (unpaired) electrons. The number of para-hydroxylation sites is 2. The molecule has 1 aliphatic carbocycles. The van der Waals surface area contributed by atoms with E-state index in [4.69, 9.17) is 9.47 Å². The van der Waals surface area contributed by atoms with Crippen molar-refractivity contribution in [2.75, 3.05) is 0 Å². The van der Waals surface area contributed by atoms with E-state index in [1.807, 2.05) is 37.3 Å². The second-order valence-corrected chi connectivity index (χ2v) is 7.83. The molecule has 1 fully saturated rings. The molecule has 0 bridgehead atoms. The van der Waals surface area contributed by atoms with Crippen LogP contribution in [0, 0.1) is 5.92 Å². The van der Waals surface area contributed by atoms with Gasteiger partial charge in [0.15, 0.2) is 11.5 Å². The number of benzene rings is 1. The summed E-state index contributed by atoms with van der Waals surface area (Å²) in [4.78, 5) is 14.2. The van der Waals surface area contributed by atoms with Crippen molar-refractivity contribution in [2.24, 2.45) is 5.92 Å². The van der Waals surface area contributed by atoms with Crippen molar-refractivity contribution < 1.29 is 14.3 Å². The molecule has 132 valence electrons. The Labute approximate surface area is 152 Å². The maximum absolute atomic E-state index is 13.0. The normalized spacial score (nSPS) is 24.0. The average Bonchev–Trinajstić information content (AvgIpc) is 3.32. The smallest absolute Gasteiger partial charge is 0.265 e. The number of nitrogens with one attached hydrogen (secondary N) is 1. The first-order valence-corrected chi connectivity index (χ1v) is 9.86. The van der Waals surface area contributed by atoms with Crippen LogP contribution in [0.1, 0.15) is 43.5 Å². The molecular formula is C20H23NO3S. The van der Waals surface area contributed by atoms with Crippen LogP contribution in [0.3, 0.4) is 0 Å². The number of ether oxygens (including phenoxy) is 2. The van der Waals surface area contributed by atoms with Crippen LogP contribution in [0.15, 0.2) is 41.8 Å². The molecule has 0 saturated heterocycles. The third-order valence-corrected chi connectivity index (χ3v) is 6.07. The Morgan fingerprint density at radius 3 is 2.52 bits per heavy atom. The monoisotopic (exact) mass is 357 g/mol. The molecular weight excluding hydrogens is 334 g/mol. The molecule has 1 saturated carbocycles. The summed E-state index contributed by atoms with van der Waals surface area (Å²) in [6.45, 7) is 1.88. The van der Waals surface area contributed by atoms with Crippen molar-refractivity contribution in [2.45, 2.75) is 50.9 Å². The molecule has 0 unspecified atom stereocenters. The van der Waals surface area contributed by atoms with Gasteiger partial charge >= 0.3 is 0 Å². The molecule has 25 heavy (non-hydrogen) atoms. The van der Waals surface area contributed by atoms with Crippen molar-refractivity contribution in [1.29, 1.82) is 0 Å². The molecule has 2 heterocycles. The molecule has 4 nitrogen and oxygen atoms in total. The Kier molecular flexibility index (Phi) is 4.66. The maximum atomic E-state index is 13.0. The summed E-state index contributed by atoms with van der Waals surface area (Å²) in [5, 5.41) is 5.33. The number of rotatable bonds is 4. The lowest BCUT2D eigenvalue weighted by atomic mass is 9.96. The standard InChI is InChI=1S/C20H23NO3S/c1-13-19(24-16-10-5-4-9-15(16)23-13)20(22)21-18(14-7-2-3-8-14)17-11-6-12-25-17/h4-6,9-14,18-19H,2-3,7-8H2,1H3,(H,21,22)/t13-,18+,19-/m0/s1. The van der Waals surface area contributed by atoms with Gasteiger partial charge in [-0.3, -0.25) is 4.79 Å². The summed E-state index contributed by atoms with van der Waals surface area (Å²) in [5.41, 5.74) is 0. The molecule has 1 aliphatic heterocycles. The van der Waals surface area contributed by atoms with Gasteiger partial charge in [0.25, 0.3) is 5.91 Å².